The lowest BCUT2D eigenvalue weighted by Crippen LogP contribution is -2.47. The molecule has 2 aliphatic rings. The quantitative estimate of drug-likeness (QED) is 0.756. The number of carbonyl (C=O) groups is 1. The van der Waals surface area contributed by atoms with Crippen LogP contribution in [0.25, 0.3) is 0 Å². The zero-order valence-corrected chi connectivity index (χ0v) is 13.8. The maximum atomic E-state index is 12.3. The fourth-order valence-electron chi connectivity index (χ4n) is 4.10. The van der Waals surface area contributed by atoms with Gasteiger partial charge in [0.05, 0.1) is 0 Å². The van der Waals surface area contributed by atoms with Crippen molar-refractivity contribution < 1.29 is 4.79 Å². The van der Waals surface area contributed by atoms with E-state index in [9.17, 15) is 4.79 Å². The van der Waals surface area contributed by atoms with Crippen molar-refractivity contribution in [3.63, 3.8) is 0 Å². The lowest BCUT2D eigenvalue weighted by Gasteiger charge is -2.34. The van der Waals surface area contributed by atoms with Crippen LogP contribution in [0.5, 0.6) is 0 Å². The molecule has 0 aromatic rings. The van der Waals surface area contributed by atoms with E-state index >= 15 is 0 Å². The third kappa shape index (κ3) is 4.43. The van der Waals surface area contributed by atoms with Gasteiger partial charge >= 0.3 is 0 Å². The molecule has 2 fully saturated rings. The molecule has 122 valence electrons. The molecule has 1 saturated carbocycles. The maximum Gasteiger partial charge on any atom is 0.223 e. The standard InChI is InChI=1S/C17H33N3O/c1-3-13(4-2)16(20-9-5-6-10-20)12-19-17(21)14-7-8-15(18)11-14/h13-16H,3-12,18H2,1-2H3,(H,19,21). The number of nitrogens with two attached hydrogens (primary N) is 1. The molecule has 0 aromatic heterocycles. The molecule has 1 heterocycles. The van der Waals surface area contributed by atoms with Gasteiger partial charge in [-0.15, -0.1) is 0 Å². The number of amides is 1. The molecule has 4 nitrogen and oxygen atoms in total. The highest BCUT2D eigenvalue weighted by Crippen LogP contribution is 2.25. The number of hydrogen-bond donors (Lipinski definition) is 2. The van der Waals surface area contributed by atoms with Crippen molar-refractivity contribution in [1.29, 1.82) is 0 Å². The van der Waals surface area contributed by atoms with E-state index in [1.165, 1.54) is 38.8 Å². The monoisotopic (exact) mass is 295 g/mol. The normalized spacial score (nSPS) is 28.2. The first-order valence-electron chi connectivity index (χ1n) is 8.93. The van der Waals surface area contributed by atoms with Gasteiger partial charge in [0.15, 0.2) is 0 Å². The Morgan fingerprint density at radius 3 is 2.43 bits per heavy atom. The fraction of sp³-hybridized carbons (Fsp3) is 0.941. The molecular formula is C17H33N3O. The summed E-state index contributed by atoms with van der Waals surface area (Å²) in [5, 5.41) is 3.24. The van der Waals surface area contributed by atoms with Crippen LogP contribution in [-0.4, -0.2) is 42.5 Å². The summed E-state index contributed by atoms with van der Waals surface area (Å²) in [6, 6.07) is 0.746. The molecule has 2 rings (SSSR count). The van der Waals surface area contributed by atoms with Gasteiger partial charge in [0.2, 0.25) is 5.91 Å². The van der Waals surface area contributed by atoms with Crippen molar-refractivity contribution >= 4 is 5.91 Å². The van der Waals surface area contributed by atoms with Crippen LogP contribution in [0.3, 0.4) is 0 Å². The first-order valence-corrected chi connectivity index (χ1v) is 8.93. The van der Waals surface area contributed by atoms with E-state index in [1.807, 2.05) is 0 Å². The predicted octanol–water partition coefficient (Wildman–Crippen LogP) is 2.13. The SMILES string of the molecule is CCC(CC)C(CNC(=O)C1CCC(N)C1)N1CCCC1. The summed E-state index contributed by atoms with van der Waals surface area (Å²) in [7, 11) is 0. The first kappa shape index (κ1) is 16.8. The van der Waals surface area contributed by atoms with Gasteiger partial charge in [0.25, 0.3) is 0 Å². The van der Waals surface area contributed by atoms with E-state index in [0.29, 0.717) is 12.0 Å². The molecule has 21 heavy (non-hydrogen) atoms. The van der Waals surface area contributed by atoms with Crippen molar-refractivity contribution in [3.8, 4) is 0 Å². The summed E-state index contributed by atoms with van der Waals surface area (Å²) >= 11 is 0. The van der Waals surface area contributed by atoms with Crippen LogP contribution in [-0.2, 0) is 4.79 Å². The third-order valence-electron chi connectivity index (χ3n) is 5.53. The minimum absolute atomic E-state index is 0.154. The Labute approximate surface area is 129 Å². The molecule has 1 amide bonds. The van der Waals surface area contributed by atoms with Crippen LogP contribution in [0, 0.1) is 11.8 Å². The van der Waals surface area contributed by atoms with Gasteiger partial charge in [-0.3, -0.25) is 9.69 Å². The predicted molar refractivity (Wildman–Crippen MR) is 87.0 cm³/mol. The molecule has 0 spiro atoms. The van der Waals surface area contributed by atoms with Crippen molar-refractivity contribution in [2.45, 2.75) is 70.9 Å². The van der Waals surface area contributed by atoms with Crippen LogP contribution >= 0.6 is 0 Å². The molecule has 4 heteroatoms. The van der Waals surface area contributed by atoms with Crippen LogP contribution < -0.4 is 11.1 Å². The first-order chi connectivity index (χ1) is 10.2. The molecule has 1 aliphatic heterocycles. The van der Waals surface area contributed by atoms with Crippen molar-refractivity contribution in [2.24, 2.45) is 17.6 Å². The lowest BCUT2D eigenvalue weighted by atomic mass is 9.92. The van der Waals surface area contributed by atoms with Crippen LogP contribution in [0.2, 0.25) is 0 Å². The second-order valence-corrected chi connectivity index (χ2v) is 6.90. The second-order valence-electron chi connectivity index (χ2n) is 6.90. The summed E-state index contributed by atoms with van der Waals surface area (Å²) in [6.07, 6.45) is 7.84. The number of rotatable bonds is 7. The summed E-state index contributed by atoms with van der Waals surface area (Å²) in [5.41, 5.74) is 5.92. The number of carbonyl (C=O) groups excluding carboxylic acids is 1. The summed E-state index contributed by atoms with van der Waals surface area (Å²) in [5.74, 6) is 1.08. The number of nitrogens with one attached hydrogen (secondary N) is 1. The topological polar surface area (TPSA) is 58.4 Å². The molecule has 0 bridgehead atoms. The minimum Gasteiger partial charge on any atom is -0.354 e. The zero-order chi connectivity index (χ0) is 15.2. The Bertz CT molecular complexity index is 322. The number of likely N-dealkylation sites (tertiary alicyclic amines) is 1. The van der Waals surface area contributed by atoms with E-state index < -0.39 is 0 Å². The maximum absolute atomic E-state index is 12.3. The average molecular weight is 295 g/mol. The number of hydrogen-bond acceptors (Lipinski definition) is 3. The highest BCUT2D eigenvalue weighted by Gasteiger charge is 2.31. The molecule has 3 atom stereocenters. The van der Waals surface area contributed by atoms with E-state index in [4.69, 9.17) is 5.73 Å². The Hall–Kier alpha value is -0.610. The highest BCUT2D eigenvalue weighted by molar-refractivity contribution is 5.79. The molecule has 1 saturated heterocycles. The average Bonchev–Trinajstić information content (AvgIpc) is 3.14. The Kier molecular flexibility index (Phi) is 6.49. The Balaban J connectivity index is 1.87. The van der Waals surface area contributed by atoms with Crippen molar-refractivity contribution in [3.05, 3.63) is 0 Å². The molecule has 3 N–H and O–H groups in total. The minimum atomic E-state index is 0.154. The fourth-order valence-corrected chi connectivity index (χ4v) is 4.10. The van der Waals surface area contributed by atoms with Gasteiger partial charge in [-0.2, -0.15) is 0 Å². The molecule has 3 unspecified atom stereocenters. The highest BCUT2D eigenvalue weighted by atomic mass is 16.1. The number of nitrogens with zero attached hydrogens (tertiary/aromatic N) is 1. The van der Waals surface area contributed by atoms with Gasteiger partial charge in [0.1, 0.15) is 0 Å². The van der Waals surface area contributed by atoms with E-state index in [0.717, 1.165) is 25.8 Å². The Morgan fingerprint density at radius 1 is 1.24 bits per heavy atom. The summed E-state index contributed by atoms with van der Waals surface area (Å²) < 4.78 is 0. The molecule has 0 radical (unpaired) electrons. The van der Waals surface area contributed by atoms with Gasteiger partial charge in [0, 0.05) is 24.5 Å². The van der Waals surface area contributed by atoms with Crippen LogP contribution in [0.15, 0.2) is 0 Å². The van der Waals surface area contributed by atoms with Crippen molar-refractivity contribution in [1.82, 2.24) is 10.2 Å². The zero-order valence-electron chi connectivity index (χ0n) is 13.8. The van der Waals surface area contributed by atoms with Crippen molar-refractivity contribution in [2.75, 3.05) is 19.6 Å². The molecule has 0 aromatic carbocycles. The Morgan fingerprint density at radius 2 is 1.90 bits per heavy atom. The van der Waals surface area contributed by atoms with Crippen LogP contribution in [0.1, 0.15) is 58.8 Å². The molecule has 1 aliphatic carbocycles. The third-order valence-corrected chi connectivity index (χ3v) is 5.53. The molecular weight excluding hydrogens is 262 g/mol. The van der Waals surface area contributed by atoms with E-state index in [-0.39, 0.29) is 17.9 Å². The summed E-state index contributed by atoms with van der Waals surface area (Å²) in [4.78, 5) is 14.9. The summed E-state index contributed by atoms with van der Waals surface area (Å²) in [6.45, 7) is 7.76. The smallest absolute Gasteiger partial charge is 0.223 e. The van der Waals surface area contributed by atoms with E-state index in [1.54, 1.807) is 0 Å². The van der Waals surface area contributed by atoms with Gasteiger partial charge < -0.3 is 11.1 Å². The van der Waals surface area contributed by atoms with Gasteiger partial charge in [-0.25, -0.2) is 0 Å². The largest absolute Gasteiger partial charge is 0.354 e. The van der Waals surface area contributed by atoms with Crippen LogP contribution in [0.4, 0.5) is 0 Å². The van der Waals surface area contributed by atoms with E-state index in [2.05, 4.69) is 24.1 Å². The lowest BCUT2D eigenvalue weighted by molar-refractivity contribution is -0.125. The van der Waals surface area contributed by atoms with Gasteiger partial charge in [-0.05, 0) is 51.1 Å². The second kappa shape index (κ2) is 8.14. The van der Waals surface area contributed by atoms with Gasteiger partial charge in [-0.1, -0.05) is 26.7 Å².